The molecule has 1 aromatic heterocycles. The molecule has 2 heterocycles. The van der Waals surface area contributed by atoms with Crippen LogP contribution in [0.15, 0.2) is 35.4 Å². The summed E-state index contributed by atoms with van der Waals surface area (Å²) in [6.45, 7) is 3.50. The van der Waals surface area contributed by atoms with Crippen LogP contribution in [0.2, 0.25) is 5.02 Å². The summed E-state index contributed by atoms with van der Waals surface area (Å²) in [5.74, 6) is 1.08. The van der Waals surface area contributed by atoms with Crippen molar-refractivity contribution in [3.05, 3.63) is 35.5 Å². The lowest BCUT2D eigenvalue weighted by atomic mass is 9.78. The Hall–Kier alpha value is -1.94. The Morgan fingerprint density at radius 3 is 2.62 bits per heavy atom. The molecule has 2 N–H and O–H groups in total. The molecule has 8 nitrogen and oxygen atoms in total. The van der Waals surface area contributed by atoms with E-state index < -0.39 is 10.0 Å². The van der Waals surface area contributed by atoms with E-state index in [0.29, 0.717) is 29.1 Å². The van der Waals surface area contributed by atoms with Crippen LogP contribution in [0.5, 0.6) is 0 Å². The molecule has 1 saturated heterocycles. The molecule has 0 bridgehead atoms. The zero-order valence-corrected chi connectivity index (χ0v) is 17.9. The van der Waals surface area contributed by atoms with Gasteiger partial charge in [-0.3, -0.25) is 0 Å². The van der Waals surface area contributed by atoms with Crippen LogP contribution in [0, 0.1) is 0 Å². The zero-order chi connectivity index (χ0) is 20.6. The third-order valence-corrected chi connectivity index (χ3v) is 7.27. The molecule has 2 aromatic rings. The van der Waals surface area contributed by atoms with Gasteiger partial charge in [-0.15, -0.1) is 0 Å². The minimum atomic E-state index is -3.47. The van der Waals surface area contributed by atoms with Crippen molar-refractivity contribution in [2.24, 2.45) is 0 Å². The summed E-state index contributed by atoms with van der Waals surface area (Å²) in [5, 5.41) is 3.61. The molecule has 1 aliphatic heterocycles. The Kier molecular flexibility index (Phi) is 5.41. The van der Waals surface area contributed by atoms with Crippen LogP contribution in [-0.4, -0.2) is 50.2 Å². The van der Waals surface area contributed by atoms with E-state index in [2.05, 4.69) is 31.8 Å². The normalized spacial score (nSPS) is 21.1. The lowest BCUT2D eigenvalue weighted by Gasteiger charge is -2.51. The number of ether oxygens (including phenoxy) is 1. The van der Waals surface area contributed by atoms with Crippen LogP contribution in [-0.2, 0) is 14.8 Å². The van der Waals surface area contributed by atoms with Gasteiger partial charge in [-0.1, -0.05) is 11.6 Å². The molecular formula is C19H24ClN5O3S. The van der Waals surface area contributed by atoms with Gasteiger partial charge in [0.2, 0.25) is 16.0 Å². The Bertz CT molecular complexity index is 995. The fraction of sp³-hybridized carbons (Fsp3) is 0.474. The maximum Gasteiger partial charge on any atom is 0.240 e. The average molecular weight is 438 g/mol. The number of aromatic nitrogens is 2. The number of benzene rings is 1. The number of hydrogen-bond donors (Lipinski definition) is 2. The van der Waals surface area contributed by atoms with Crippen LogP contribution < -0.4 is 14.9 Å². The highest BCUT2D eigenvalue weighted by Crippen LogP contribution is 2.41. The molecule has 1 aromatic carbocycles. The number of morpholine rings is 1. The first kappa shape index (κ1) is 20.3. The first-order chi connectivity index (χ1) is 13.8. The van der Waals surface area contributed by atoms with Crippen molar-refractivity contribution >= 4 is 39.1 Å². The molecule has 0 unspecified atom stereocenters. The molecular weight excluding hydrogens is 414 g/mol. The Morgan fingerprint density at radius 2 is 2.00 bits per heavy atom. The van der Waals surface area contributed by atoms with E-state index in [4.69, 9.17) is 16.3 Å². The number of nitrogens with zero attached hydrogens (tertiary/aromatic N) is 3. The second-order valence-electron chi connectivity index (χ2n) is 7.55. The van der Waals surface area contributed by atoms with Gasteiger partial charge in [0, 0.05) is 12.2 Å². The van der Waals surface area contributed by atoms with Gasteiger partial charge in [0.25, 0.3) is 0 Å². The second-order valence-corrected chi connectivity index (χ2v) is 9.84. The second kappa shape index (κ2) is 7.71. The number of halogens is 1. The molecule has 2 aliphatic rings. The van der Waals surface area contributed by atoms with Crippen LogP contribution in [0.4, 0.5) is 17.5 Å². The van der Waals surface area contributed by atoms with Crippen LogP contribution in [0.25, 0.3) is 0 Å². The maximum absolute atomic E-state index is 11.9. The Balaban J connectivity index is 1.55. The van der Waals surface area contributed by atoms with E-state index in [1.807, 2.05) is 0 Å². The number of rotatable bonds is 5. The van der Waals surface area contributed by atoms with Gasteiger partial charge in [-0.2, -0.15) is 4.98 Å². The van der Waals surface area contributed by atoms with Gasteiger partial charge in [-0.05, 0) is 57.5 Å². The molecule has 1 saturated carbocycles. The predicted molar refractivity (Wildman–Crippen MR) is 112 cm³/mol. The molecule has 0 amide bonds. The van der Waals surface area contributed by atoms with Gasteiger partial charge < -0.3 is 15.0 Å². The fourth-order valence-electron chi connectivity index (χ4n) is 3.64. The maximum atomic E-state index is 11.9. The molecule has 0 radical (unpaired) electrons. The Labute approximate surface area is 175 Å². The van der Waals surface area contributed by atoms with Crippen molar-refractivity contribution in [1.82, 2.24) is 14.7 Å². The van der Waals surface area contributed by atoms with Gasteiger partial charge in [0.15, 0.2) is 5.82 Å². The van der Waals surface area contributed by atoms with Gasteiger partial charge in [-0.25, -0.2) is 18.1 Å². The average Bonchev–Trinajstić information content (AvgIpc) is 2.69. The largest absolute Gasteiger partial charge is 0.371 e. The highest BCUT2D eigenvalue weighted by atomic mass is 35.5. The van der Waals surface area contributed by atoms with Crippen LogP contribution in [0.1, 0.15) is 26.2 Å². The fourth-order valence-corrected chi connectivity index (χ4v) is 4.57. The first-order valence-corrected chi connectivity index (χ1v) is 11.4. The number of sulfonamides is 1. The molecule has 1 atom stereocenters. The zero-order valence-electron chi connectivity index (χ0n) is 16.4. The van der Waals surface area contributed by atoms with E-state index in [1.165, 1.54) is 25.6 Å². The quantitative estimate of drug-likeness (QED) is 0.742. The summed E-state index contributed by atoms with van der Waals surface area (Å²) in [7, 11) is -2.09. The molecule has 1 aliphatic carbocycles. The van der Waals surface area contributed by atoms with E-state index in [1.54, 1.807) is 18.3 Å². The third-order valence-electron chi connectivity index (χ3n) is 5.57. The summed E-state index contributed by atoms with van der Waals surface area (Å²) in [6.07, 6.45) is 4.89. The summed E-state index contributed by atoms with van der Waals surface area (Å²) < 4.78 is 32.1. The van der Waals surface area contributed by atoms with E-state index in [0.717, 1.165) is 19.4 Å². The third kappa shape index (κ3) is 4.05. The van der Waals surface area contributed by atoms with E-state index >= 15 is 0 Å². The first-order valence-electron chi connectivity index (χ1n) is 9.56. The minimum Gasteiger partial charge on any atom is -0.371 e. The number of anilines is 3. The van der Waals surface area contributed by atoms with Crippen molar-refractivity contribution in [3.8, 4) is 0 Å². The van der Waals surface area contributed by atoms with Crippen molar-refractivity contribution in [3.63, 3.8) is 0 Å². The standard InChI is InChI=1S/C19H24ClN5O3S/c1-13-11-28-19(8-3-9-19)12-25(13)17-16(20)10-22-18(24-17)23-14-4-6-15(7-5-14)29(26,27)21-2/h4-7,10,13,21H,3,8-9,11-12H2,1-2H3,(H,22,23,24)/t13-/m0/s1. The van der Waals surface area contributed by atoms with Crippen LogP contribution in [0.3, 0.4) is 0 Å². The topological polar surface area (TPSA) is 96.5 Å². The molecule has 4 rings (SSSR count). The SMILES string of the molecule is CNS(=O)(=O)c1ccc(Nc2ncc(Cl)c(N3CC4(CCC4)OC[C@@H]3C)n2)cc1. The van der Waals surface area contributed by atoms with Gasteiger partial charge in [0.1, 0.15) is 5.02 Å². The van der Waals surface area contributed by atoms with Crippen molar-refractivity contribution < 1.29 is 13.2 Å². The van der Waals surface area contributed by atoms with Crippen LogP contribution >= 0.6 is 11.6 Å². The molecule has 1 spiro atoms. The lowest BCUT2D eigenvalue weighted by Crippen LogP contribution is -2.59. The monoisotopic (exact) mass is 437 g/mol. The highest BCUT2D eigenvalue weighted by Gasteiger charge is 2.44. The smallest absolute Gasteiger partial charge is 0.240 e. The minimum absolute atomic E-state index is 0.0803. The summed E-state index contributed by atoms with van der Waals surface area (Å²) >= 11 is 6.43. The van der Waals surface area contributed by atoms with Gasteiger partial charge >= 0.3 is 0 Å². The molecule has 2 fully saturated rings. The summed E-state index contributed by atoms with van der Waals surface area (Å²) in [4.78, 5) is 11.3. The molecule has 156 valence electrons. The summed E-state index contributed by atoms with van der Waals surface area (Å²) in [5.41, 5.74) is 0.599. The van der Waals surface area contributed by atoms with Crippen molar-refractivity contribution in [2.75, 3.05) is 30.4 Å². The number of nitrogens with one attached hydrogen (secondary N) is 2. The van der Waals surface area contributed by atoms with E-state index in [-0.39, 0.29) is 16.5 Å². The predicted octanol–water partition coefficient (Wildman–Crippen LogP) is 2.93. The van der Waals surface area contributed by atoms with Gasteiger partial charge in [0.05, 0.1) is 29.3 Å². The number of hydrogen-bond acceptors (Lipinski definition) is 7. The Morgan fingerprint density at radius 1 is 1.28 bits per heavy atom. The van der Waals surface area contributed by atoms with Crippen molar-refractivity contribution in [1.29, 1.82) is 0 Å². The summed E-state index contributed by atoms with van der Waals surface area (Å²) in [6, 6.07) is 6.54. The molecule has 10 heteroatoms. The van der Waals surface area contributed by atoms with Crippen molar-refractivity contribution in [2.45, 2.75) is 42.7 Å². The molecule has 29 heavy (non-hydrogen) atoms. The lowest BCUT2D eigenvalue weighted by molar-refractivity contribution is -0.117. The highest BCUT2D eigenvalue weighted by molar-refractivity contribution is 7.89. The van der Waals surface area contributed by atoms with E-state index in [9.17, 15) is 8.42 Å².